The van der Waals surface area contributed by atoms with Crippen molar-refractivity contribution in [1.82, 2.24) is 0 Å². The first-order valence-corrected chi connectivity index (χ1v) is 4.29. The minimum Gasteiger partial charge on any atom is -0.464 e. The van der Waals surface area contributed by atoms with E-state index < -0.39 is 18.4 Å². The van der Waals surface area contributed by atoms with Crippen molar-refractivity contribution >= 4 is 5.97 Å². The molecule has 1 aliphatic rings. The highest BCUT2D eigenvalue weighted by Crippen LogP contribution is 2.20. The van der Waals surface area contributed by atoms with Gasteiger partial charge >= 0.3 is 5.97 Å². The molecule has 0 spiro atoms. The number of ether oxygens (including phenoxy) is 3. The Morgan fingerprint density at radius 3 is 2.69 bits per heavy atom. The van der Waals surface area contributed by atoms with Crippen LogP contribution >= 0.6 is 0 Å². The van der Waals surface area contributed by atoms with Crippen LogP contribution in [0.15, 0.2) is 0 Å². The summed E-state index contributed by atoms with van der Waals surface area (Å²) in [5.41, 5.74) is 0. The molecule has 1 saturated heterocycles. The molecule has 0 aromatic carbocycles. The molecule has 1 aliphatic heterocycles. The van der Waals surface area contributed by atoms with E-state index in [9.17, 15) is 9.90 Å². The van der Waals surface area contributed by atoms with Gasteiger partial charge in [-0.05, 0) is 13.8 Å². The summed E-state index contributed by atoms with van der Waals surface area (Å²) < 4.78 is 14.7. The molecule has 0 aliphatic carbocycles. The predicted octanol–water partition coefficient (Wildman–Crippen LogP) is 0.0194. The molecule has 0 radical (unpaired) electrons. The summed E-state index contributed by atoms with van der Waals surface area (Å²) in [6.07, 6.45) is -1.74. The predicted molar refractivity (Wildman–Crippen MR) is 42.7 cm³/mol. The number of hydrogen-bond donors (Lipinski definition) is 1. The van der Waals surface area contributed by atoms with Crippen LogP contribution in [0.2, 0.25) is 0 Å². The first-order valence-electron chi connectivity index (χ1n) is 4.29. The van der Waals surface area contributed by atoms with E-state index in [2.05, 4.69) is 4.74 Å². The molecular formula is C8H14O5. The summed E-state index contributed by atoms with van der Waals surface area (Å²) in [6, 6.07) is 0. The Balaban J connectivity index is 2.17. The Hall–Kier alpha value is -0.650. The van der Waals surface area contributed by atoms with Crippen molar-refractivity contribution in [1.29, 1.82) is 0 Å². The lowest BCUT2D eigenvalue weighted by Crippen LogP contribution is -2.42. The Kier molecular flexibility index (Phi) is 3.65. The van der Waals surface area contributed by atoms with Crippen LogP contribution in [0.3, 0.4) is 0 Å². The van der Waals surface area contributed by atoms with Gasteiger partial charge in [0.25, 0.3) is 0 Å². The lowest BCUT2D eigenvalue weighted by Gasteiger charge is -2.34. The average molecular weight is 190 g/mol. The number of carbonyl (C=O) groups excluding carboxylic acids is 1. The normalized spacial score (nSPS) is 29.2. The first kappa shape index (κ1) is 10.4. The van der Waals surface area contributed by atoms with E-state index in [1.807, 2.05) is 0 Å². The van der Waals surface area contributed by atoms with Gasteiger partial charge in [0, 0.05) is 6.42 Å². The summed E-state index contributed by atoms with van der Waals surface area (Å²) >= 11 is 0. The van der Waals surface area contributed by atoms with Gasteiger partial charge in [-0.15, -0.1) is 0 Å². The van der Waals surface area contributed by atoms with E-state index in [-0.39, 0.29) is 19.3 Å². The highest BCUT2D eigenvalue weighted by Gasteiger charge is 2.31. The van der Waals surface area contributed by atoms with Gasteiger partial charge in [-0.1, -0.05) is 0 Å². The molecule has 1 unspecified atom stereocenters. The second-order valence-corrected chi connectivity index (χ2v) is 2.77. The zero-order chi connectivity index (χ0) is 9.84. The largest absolute Gasteiger partial charge is 0.464 e. The van der Waals surface area contributed by atoms with Crippen molar-refractivity contribution in [2.24, 2.45) is 0 Å². The van der Waals surface area contributed by atoms with Crippen LogP contribution in [0.1, 0.15) is 20.3 Å². The van der Waals surface area contributed by atoms with Crippen LogP contribution in [0, 0.1) is 0 Å². The second-order valence-electron chi connectivity index (χ2n) is 2.77. The molecule has 1 heterocycles. The Morgan fingerprint density at radius 1 is 1.62 bits per heavy atom. The summed E-state index contributed by atoms with van der Waals surface area (Å²) in [4.78, 5) is 10.9. The Morgan fingerprint density at radius 2 is 2.23 bits per heavy atom. The van der Waals surface area contributed by atoms with Crippen LogP contribution < -0.4 is 0 Å². The third-order valence-corrected chi connectivity index (χ3v) is 1.66. The van der Waals surface area contributed by atoms with Crippen LogP contribution in [0.5, 0.6) is 0 Å². The summed E-state index contributed by atoms with van der Waals surface area (Å²) in [5.74, 6) is -0.630. The number of hydrogen-bond acceptors (Lipinski definition) is 5. The third kappa shape index (κ3) is 2.95. The van der Waals surface area contributed by atoms with Gasteiger partial charge in [0.05, 0.1) is 6.61 Å². The fourth-order valence-corrected chi connectivity index (χ4v) is 1.07. The molecule has 0 bridgehead atoms. The minimum absolute atomic E-state index is 0.128. The van der Waals surface area contributed by atoms with E-state index >= 15 is 0 Å². The van der Waals surface area contributed by atoms with Gasteiger partial charge < -0.3 is 19.3 Å². The standard InChI is InChI=1S/C8H14O5/c1-3-11-8(10)6(9)4-7-12-5(2)13-7/h5-7,9H,3-4H2,1-2H3. The molecule has 76 valence electrons. The second kappa shape index (κ2) is 4.55. The molecule has 1 fully saturated rings. The number of esters is 1. The maximum atomic E-state index is 10.9. The van der Waals surface area contributed by atoms with Gasteiger partial charge in [-0.3, -0.25) is 0 Å². The first-order chi connectivity index (χ1) is 6.13. The summed E-state index contributed by atoms with van der Waals surface area (Å²) in [5, 5.41) is 9.24. The lowest BCUT2D eigenvalue weighted by molar-refractivity contribution is -0.380. The van der Waals surface area contributed by atoms with Gasteiger partial charge in [0.2, 0.25) is 0 Å². The Labute approximate surface area is 76.6 Å². The van der Waals surface area contributed by atoms with E-state index in [0.717, 1.165) is 0 Å². The molecule has 0 amide bonds. The van der Waals surface area contributed by atoms with Crippen LogP contribution in [-0.2, 0) is 19.0 Å². The van der Waals surface area contributed by atoms with Crippen molar-refractivity contribution in [3.05, 3.63) is 0 Å². The van der Waals surface area contributed by atoms with Gasteiger partial charge in [0.1, 0.15) is 0 Å². The van der Waals surface area contributed by atoms with Crippen LogP contribution in [-0.4, -0.2) is 36.4 Å². The zero-order valence-corrected chi connectivity index (χ0v) is 7.73. The van der Waals surface area contributed by atoms with E-state index in [1.165, 1.54) is 0 Å². The van der Waals surface area contributed by atoms with Crippen LogP contribution in [0.25, 0.3) is 0 Å². The monoisotopic (exact) mass is 190 g/mol. The maximum Gasteiger partial charge on any atom is 0.335 e. The number of aliphatic hydroxyl groups excluding tert-OH is 1. The van der Waals surface area contributed by atoms with Crippen molar-refractivity contribution in [2.75, 3.05) is 6.61 Å². The fourth-order valence-electron chi connectivity index (χ4n) is 1.07. The van der Waals surface area contributed by atoms with Crippen molar-refractivity contribution in [2.45, 2.75) is 39.0 Å². The van der Waals surface area contributed by atoms with Crippen molar-refractivity contribution in [3.8, 4) is 0 Å². The van der Waals surface area contributed by atoms with E-state index in [1.54, 1.807) is 13.8 Å². The average Bonchev–Trinajstić information content (AvgIpc) is 2.02. The van der Waals surface area contributed by atoms with Crippen LogP contribution in [0.4, 0.5) is 0 Å². The SMILES string of the molecule is CCOC(=O)C(O)CC1OC(C)O1. The number of rotatable bonds is 4. The topological polar surface area (TPSA) is 65.0 Å². The highest BCUT2D eigenvalue weighted by molar-refractivity contribution is 5.74. The Bertz CT molecular complexity index is 175. The van der Waals surface area contributed by atoms with Gasteiger partial charge in [-0.25, -0.2) is 4.79 Å². The smallest absolute Gasteiger partial charge is 0.335 e. The molecule has 13 heavy (non-hydrogen) atoms. The van der Waals surface area contributed by atoms with Crippen molar-refractivity contribution < 1.29 is 24.1 Å². The molecule has 0 aromatic rings. The molecule has 1 atom stereocenters. The molecule has 0 aromatic heterocycles. The lowest BCUT2D eigenvalue weighted by atomic mass is 10.2. The molecule has 1 N–H and O–H groups in total. The van der Waals surface area contributed by atoms with E-state index in [0.29, 0.717) is 0 Å². The third-order valence-electron chi connectivity index (χ3n) is 1.66. The summed E-state index contributed by atoms with van der Waals surface area (Å²) in [7, 11) is 0. The number of aliphatic hydroxyl groups is 1. The molecule has 1 rings (SSSR count). The highest BCUT2D eigenvalue weighted by atomic mass is 16.9. The van der Waals surface area contributed by atoms with Gasteiger partial charge in [0.15, 0.2) is 18.7 Å². The minimum atomic E-state index is -1.16. The summed E-state index contributed by atoms with van der Waals surface area (Å²) in [6.45, 7) is 3.69. The molecule has 5 heteroatoms. The molecule has 5 nitrogen and oxygen atoms in total. The molecule has 0 saturated carbocycles. The zero-order valence-electron chi connectivity index (χ0n) is 7.73. The molecular weight excluding hydrogens is 176 g/mol. The quantitative estimate of drug-likeness (QED) is 0.633. The van der Waals surface area contributed by atoms with Crippen molar-refractivity contribution in [3.63, 3.8) is 0 Å². The maximum absolute atomic E-state index is 10.9. The van der Waals surface area contributed by atoms with E-state index in [4.69, 9.17) is 9.47 Å². The van der Waals surface area contributed by atoms with Gasteiger partial charge in [-0.2, -0.15) is 0 Å². The fraction of sp³-hybridized carbons (Fsp3) is 0.875. The number of carbonyl (C=O) groups is 1.